The van der Waals surface area contributed by atoms with Crippen LogP contribution in [0.1, 0.15) is 5.56 Å². The van der Waals surface area contributed by atoms with Gasteiger partial charge < -0.3 is 5.11 Å². The highest BCUT2D eigenvalue weighted by Gasteiger charge is 2.21. The summed E-state index contributed by atoms with van der Waals surface area (Å²) in [4.78, 5) is 9.67. The summed E-state index contributed by atoms with van der Waals surface area (Å²) in [5.74, 6) is -0.737. The van der Waals surface area contributed by atoms with Crippen LogP contribution >= 0.6 is 0 Å². The summed E-state index contributed by atoms with van der Waals surface area (Å²) in [6, 6.07) is 11.8. The molecule has 9 nitrogen and oxygen atoms in total. The van der Waals surface area contributed by atoms with E-state index in [1.54, 1.807) is 31.2 Å². The number of phenols is 1. The van der Waals surface area contributed by atoms with Gasteiger partial charge in [0.2, 0.25) is 0 Å². The predicted octanol–water partition coefficient (Wildman–Crippen LogP) is 4.42. The summed E-state index contributed by atoms with van der Waals surface area (Å²) in [7, 11) is -4.68. The molecular weight excluding hydrogens is 374 g/mol. The number of aromatic hydroxyl groups is 1. The molecule has 0 unspecified atom stereocenters. The minimum absolute atomic E-state index is 0.0735. The van der Waals surface area contributed by atoms with Crippen molar-refractivity contribution in [3.05, 3.63) is 64.2 Å². The van der Waals surface area contributed by atoms with Crippen LogP contribution in [0.2, 0.25) is 0 Å². The van der Waals surface area contributed by atoms with Crippen LogP contribution in [-0.2, 0) is 10.1 Å². The molecule has 0 heterocycles. The second kappa shape index (κ2) is 6.74. The zero-order chi connectivity index (χ0) is 19.8. The van der Waals surface area contributed by atoms with Crippen LogP contribution < -0.4 is 0 Å². The molecule has 3 aromatic carbocycles. The Morgan fingerprint density at radius 1 is 1.07 bits per heavy atom. The molecular formula is C17H13N3O6S. The van der Waals surface area contributed by atoms with Gasteiger partial charge in [0.05, 0.1) is 10.6 Å². The zero-order valence-corrected chi connectivity index (χ0v) is 14.7. The van der Waals surface area contributed by atoms with E-state index in [1.165, 1.54) is 18.2 Å². The van der Waals surface area contributed by atoms with Crippen molar-refractivity contribution in [2.75, 3.05) is 0 Å². The Balaban J connectivity index is 2.17. The molecule has 0 radical (unpaired) electrons. The van der Waals surface area contributed by atoms with Gasteiger partial charge in [-0.15, -0.1) is 5.11 Å². The number of fused-ring (bicyclic) bond motifs is 1. The highest BCUT2D eigenvalue weighted by molar-refractivity contribution is 7.86. The Labute approximate surface area is 153 Å². The Morgan fingerprint density at radius 2 is 1.78 bits per heavy atom. The molecule has 27 heavy (non-hydrogen) atoms. The largest absolute Gasteiger partial charge is 0.504 e. The molecule has 0 fully saturated rings. The van der Waals surface area contributed by atoms with Gasteiger partial charge in [0, 0.05) is 17.0 Å². The number of hydrogen-bond acceptors (Lipinski definition) is 7. The van der Waals surface area contributed by atoms with Crippen molar-refractivity contribution in [2.24, 2.45) is 10.2 Å². The monoisotopic (exact) mass is 387 g/mol. The summed E-state index contributed by atoms with van der Waals surface area (Å²) >= 11 is 0. The fourth-order valence-electron chi connectivity index (χ4n) is 2.60. The molecule has 0 aliphatic heterocycles. The molecule has 2 N–H and O–H groups in total. The number of nitro benzene ring substituents is 1. The first-order valence-corrected chi connectivity index (χ1v) is 9.01. The van der Waals surface area contributed by atoms with Gasteiger partial charge in [-0.25, -0.2) is 0 Å². The number of benzene rings is 3. The van der Waals surface area contributed by atoms with Crippen LogP contribution in [0.25, 0.3) is 10.8 Å². The molecule has 0 spiro atoms. The number of rotatable bonds is 4. The van der Waals surface area contributed by atoms with Crippen LogP contribution in [0.4, 0.5) is 17.1 Å². The van der Waals surface area contributed by atoms with Gasteiger partial charge in [-0.2, -0.15) is 13.5 Å². The van der Waals surface area contributed by atoms with Crippen LogP contribution in [0.15, 0.2) is 63.7 Å². The first kappa shape index (κ1) is 18.4. The van der Waals surface area contributed by atoms with E-state index >= 15 is 0 Å². The first-order valence-electron chi connectivity index (χ1n) is 7.57. The second-order valence-corrected chi connectivity index (χ2v) is 7.09. The summed E-state index contributed by atoms with van der Waals surface area (Å²) in [5, 5.41) is 29.9. The lowest BCUT2D eigenvalue weighted by molar-refractivity contribution is -0.385. The van der Waals surface area contributed by atoms with E-state index in [-0.39, 0.29) is 17.1 Å². The Hall–Kier alpha value is -3.37. The van der Waals surface area contributed by atoms with Crippen molar-refractivity contribution in [1.29, 1.82) is 0 Å². The van der Waals surface area contributed by atoms with Gasteiger partial charge >= 0.3 is 0 Å². The molecule has 0 saturated heterocycles. The number of phenolic OH excluding ortho intramolecular Hbond substituents is 1. The minimum atomic E-state index is -4.68. The molecule has 0 aliphatic rings. The van der Waals surface area contributed by atoms with Gasteiger partial charge in [0.1, 0.15) is 10.6 Å². The third-order valence-electron chi connectivity index (χ3n) is 3.88. The Kier molecular flexibility index (Phi) is 4.60. The van der Waals surface area contributed by atoms with Crippen LogP contribution in [0, 0.1) is 17.0 Å². The van der Waals surface area contributed by atoms with E-state index in [1.807, 2.05) is 0 Å². The van der Waals surface area contributed by atoms with Gasteiger partial charge in [0.15, 0.2) is 5.75 Å². The average molecular weight is 387 g/mol. The van der Waals surface area contributed by atoms with Crippen molar-refractivity contribution in [2.45, 2.75) is 11.8 Å². The smallest absolute Gasteiger partial charge is 0.298 e. The molecule has 0 aromatic heterocycles. The van der Waals surface area contributed by atoms with Crippen molar-refractivity contribution >= 4 is 38.0 Å². The molecule has 0 saturated carbocycles. The lowest BCUT2D eigenvalue weighted by atomic mass is 10.1. The summed E-state index contributed by atoms with van der Waals surface area (Å²) in [5.41, 5.74) is 0.434. The van der Waals surface area contributed by atoms with E-state index in [0.717, 1.165) is 6.07 Å². The first-order chi connectivity index (χ1) is 12.7. The van der Waals surface area contributed by atoms with Crippen LogP contribution in [-0.4, -0.2) is 23.0 Å². The van der Waals surface area contributed by atoms with E-state index in [2.05, 4.69) is 10.2 Å². The van der Waals surface area contributed by atoms with E-state index in [9.17, 15) is 28.2 Å². The minimum Gasteiger partial charge on any atom is -0.504 e. The second-order valence-electron chi connectivity index (χ2n) is 5.70. The van der Waals surface area contributed by atoms with Crippen molar-refractivity contribution in [3.8, 4) is 5.75 Å². The number of azo groups is 1. The number of nitrogens with zero attached hydrogens (tertiary/aromatic N) is 3. The SMILES string of the molecule is Cc1cc(N=Nc2c(O)c(S(=O)(=O)O)cc3ccccc23)ccc1[N+](=O)[O-]. The van der Waals surface area contributed by atoms with E-state index < -0.39 is 25.7 Å². The standard InChI is InChI=1S/C17H13N3O6S/c1-10-8-12(6-7-14(10)20(22)23)18-19-16-13-5-3-2-4-11(13)9-15(17(16)21)27(24,25)26/h2-9,21H,1H3,(H,24,25,26). The summed E-state index contributed by atoms with van der Waals surface area (Å²) < 4.78 is 32.4. The lowest BCUT2D eigenvalue weighted by Crippen LogP contribution is -1.98. The summed E-state index contributed by atoms with van der Waals surface area (Å²) in [6.07, 6.45) is 0. The van der Waals surface area contributed by atoms with Crippen molar-refractivity contribution < 1.29 is 23.0 Å². The van der Waals surface area contributed by atoms with Gasteiger partial charge in [-0.05, 0) is 30.5 Å². The quantitative estimate of drug-likeness (QED) is 0.293. The molecule has 0 amide bonds. The van der Waals surface area contributed by atoms with Crippen molar-refractivity contribution in [3.63, 3.8) is 0 Å². The highest BCUT2D eigenvalue weighted by Crippen LogP contribution is 2.41. The topological polar surface area (TPSA) is 142 Å². The molecule has 3 rings (SSSR count). The third-order valence-corrected chi connectivity index (χ3v) is 4.75. The third kappa shape index (κ3) is 3.61. The highest BCUT2D eigenvalue weighted by atomic mass is 32.2. The average Bonchev–Trinajstić information content (AvgIpc) is 2.59. The maximum atomic E-state index is 11.5. The van der Waals surface area contributed by atoms with Gasteiger partial charge in [-0.3, -0.25) is 14.7 Å². The van der Waals surface area contributed by atoms with Gasteiger partial charge in [0.25, 0.3) is 15.8 Å². The fourth-order valence-corrected chi connectivity index (χ4v) is 3.22. The molecule has 10 heteroatoms. The lowest BCUT2D eigenvalue weighted by Gasteiger charge is -2.08. The zero-order valence-electron chi connectivity index (χ0n) is 13.9. The van der Waals surface area contributed by atoms with Crippen LogP contribution in [0.3, 0.4) is 0 Å². The predicted molar refractivity (Wildman–Crippen MR) is 97.4 cm³/mol. The summed E-state index contributed by atoms with van der Waals surface area (Å²) in [6.45, 7) is 1.54. The molecule has 0 aliphatic carbocycles. The normalized spacial score (nSPS) is 11.9. The number of hydrogen-bond donors (Lipinski definition) is 2. The fraction of sp³-hybridized carbons (Fsp3) is 0.0588. The van der Waals surface area contributed by atoms with Crippen LogP contribution in [0.5, 0.6) is 5.75 Å². The van der Waals surface area contributed by atoms with E-state index in [4.69, 9.17) is 0 Å². The maximum absolute atomic E-state index is 11.5. The molecule has 0 atom stereocenters. The Bertz CT molecular complexity index is 1200. The molecule has 138 valence electrons. The van der Waals surface area contributed by atoms with E-state index in [0.29, 0.717) is 16.3 Å². The molecule has 0 bridgehead atoms. The number of aryl methyl sites for hydroxylation is 1. The Morgan fingerprint density at radius 3 is 2.41 bits per heavy atom. The number of nitro groups is 1. The van der Waals surface area contributed by atoms with Gasteiger partial charge in [-0.1, -0.05) is 24.3 Å². The van der Waals surface area contributed by atoms with Crippen molar-refractivity contribution in [1.82, 2.24) is 0 Å². The maximum Gasteiger partial charge on any atom is 0.298 e. The molecule has 3 aromatic rings.